The smallest absolute Gasteiger partial charge is 0.191 e. The molecule has 2 atom stereocenters. The molecule has 1 aromatic heterocycles. The molecule has 7 nitrogen and oxygen atoms in total. The van der Waals surface area contributed by atoms with Crippen LogP contribution in [0.3, 0.4) is 0 Å². The van der Waals surface area contributed by atoms with Crippen molar-refractivity contribution >= 4 is 5.96 Å². The van der Waals surface area contributed by atoms with Crippen LogP contribution in [-0.2, 0) is 13.5 Å². The van der Waals surface area contributed by atoms with Crippen LogP contribution < -0.4 is 10.6 Å². The average Bonchev–Trinajstić information content (AvgIpc) is 3.03. The largest absolute Gasteiger partial charge is 0.356 e. The minimum atomic E-state index is 0.280. The molecule has 32 heavy (non-hydrogen) atoms. The highest BCUT2D eigenvalue weighted by atomic mass is 15.3. The number of hydrogen-bond acceptors (Lipinski definition) is 4. The summed E-state index contributed by atoms with van der Waals surface area (Å²) in [7, 11) is 6.07. The number of hydrogen-bond donors (Lipinski definition) is 2. The van der Waals surface area contributed by atoms with E-state index in [0.29, 0.717) is 6.04 Å². The Kier molecular flexibility index (Phi) is 8.70. The number of aliphatic imine (C=N–C) groups is 1. The summed E-state index contributed by atoms with van der Waals surface area (Å²) in [6.45, 7) is 11.7. The van der Waals surface area contributed by atoms with E-state index in [2.05, 4.69) is 88.7 Å². The Bertz CT molecular complexity index is 874. The van der Waals surface area contributed by atoms with E-state index in [1.165, 1.54) is 16.8 Å². The van der Waals surface area contributed by atoms with E-state index in [4.69, 9.17) is 0 Å². The molecule has 2 heterocycles. The Balaban J connectivity index is 1.46. The summed E-state index contributed by atoms with van der Waals surface area (Å²) in [5.41, 5.74) is 5.09. The van der Waals surface area contributed by atoms with Gasteiger partial charge >= 0.3 is 0 Å². The number of guanidine groups is 1. The fourth-order valence-corrected chi connectivity index (χ4v) is 4.60. The van der Waals surface area contributed by atoms with Crippen molar-refractivity contribution in [1.82, 2.24) is 30.2 Å². The number of nitrogens with one attached hydrogen (secondary N) is 2. The monoisotopic (exact) mass is 439 g/mol. The van der Waals surface area contributed by atoms with Crippen molar-refractivity contribution in [2.24, 2.45) is 12.0 Å². The van der Waals surface area contributed by atoms with Crippen LogP contribution in [0.25, 0.3) is 0 Å². The fraction of sp³-hybridized carbons (Fsp3) is 0.600. The zero-order valence-corrected chi connectivity index (χ0v) is 20.7. The van der Waals surface area contributed by atoms with Gasteiger partial charge in [-0.2, -0.15) is 5.10 Å². The topological polar surface area (TPSA) is 60.7 Å². The molecular formula is C25H41N7. The highest BCUT2D eigenvalue weighted by Gasteiger charge is 2.26. The van der Waals surface area contributed by atoms with Gasteiger partial charge in [0.1, 0.15) is 0 Å². The average molecular weight is 440 g/mol. The zero-order valence-electron chi connectivity index (χ0n) is 20.7. The molecule has 1 saturated heterocycles. The minimum absolute atomic E-state index is 0.280. The van der Waals surface area contributed by atoms with E-state index in [-0.39, 0.29) is 6.04 Å². The third-order valence-corrected chi connectivity index (χ3v) is 6.57. The van der Waals surface area contributed by atoms with Gasteiger partial charge in [0.2, 0.25) is 0 Å². The lowest BCUT2D eigenvalue weighted by Gasteiger charge is -2.40. The van der Waals surface area contributed by atoms with Gasteiger partial charge in [-0.05, 0) is 51.8 Å². The number of nitrogens with zero attached hydrogens (tertiary/aromatic N) is 5. The molecule has 1 aliphatic heterocycles. The molecular weight excluding hydrogens is 398 g/mol. The highest BCUT2D eigenvalue weighted by Crippen LogP contribution is 2.24. The zero-order chi connectivity index (χ0) is 23.1. The van der Waals surface area contributed by atoms with Crippen LogP contribution in [0, 0.1) is 13.8 Å². The van der Waals surface area contributed by atoms with E-state index in [1.807, 2.05) is 18.8 Å². The second-order valence-electron chi connectivity index (χ2n) is 9.10. The maximum Gasteiger partial charge on any atom is 0.191 e. The molecule has 2 aromatic rings. The van der Waals surface area contributed by atoms with Gasteiger partial charge in [0, 0.05) is 64.6 Å². The SMILES string of the molecule is CN=C(NCCCN1CCN(C)CC1c1ccccc1)NC(C)Cc1c(C)nn(C)c1C. The number of likely N-dealkylation sites (N-methyl/N-ethyl adjacent to an activating group) is 1. The van der Waals surface area contributed by atoms with Gasteiger partial charge in [0.05, 0.1) is 5.69 Å². The number of aryl methyl sites for hydroxylation is 2. The molecule has 176 valence electrons. The third kappa shape index (κ3) is 6.33. The quantitative estimate of drug-likeness (QED) is 0.376. The summed E-state index contributed by atoms with van der Waals surface area (Å²) in [6.07, 6.45) is 2.02. The Hall–Kier alpha value is -2.38. The van der Waals surface area contributed by atoms with Crippen molar-refractivity contribution in [1.29, 1.82) is 0 Å². The second kappa shape index (κ2) is 11.5. The summed E-state index contributed by atoms with van der Waals surface area (Å²) in [4.78, 5) is 9.49. The molecule has 2 N–H and O–H groups in total. The van der Waals surface area contributed by atoms with Crippen molar-refractivity contribution in [3.8, 4) is 0 Å². The fourth-order valence-electron chi connectivity index (χ4n) is 4.60. The summed E-state index contributed by atoms with van der Waals surface area (Å²) in [5, 5.41) is 11.6. The van der Waals surface area contributed by atoms with E-state index in [0.717, 1.165) is 57.2 Å². The molecule has 0 bridgehead atoms. The molecule has 1 fully saturated rings. The van der Waals surface area contributed by atoms with Gasteiger partial charge in [-0.3, -0.25) is 14.6 Å². The molecule has 3 rings (SSSR count). The first kappa shape index (κ1) is 24.3. The van der Waals surface area contributed by atoms with Crippen molar-refractivity contribution in [2.75, 3.05) is 46.8 Å². The van der Waals surface area contributed by atoms with E-state index in [9.17, 15) is 0 Å². The van der Waals surface area contributed by atoms with Crippen LogP contribution in [-0.4, -0.2) is 78.4 Å². The lowest BCUT2D eigenvalue weighted by molar-refractivity contribution is 0.0891. The summed E-state index contributed by atoms with van der Waals surface area (Å²) in [6, 6.07) is 11.7. The first-order chi connectivity index (χ1) is 15.4. The third-order valence-electron chi connectivity index (χ3n) is 6.57. The van der Waals surface area contributed by atoms with Gasteiger partial charge < -0.3 is 15.5 Å². The predicted molar refractivity (Wildman–Crippen MR) is 133 cm³/mol. The van der Waals surface area contributed by atoms with Crippen LogP contribution in [0.2, 0.25) is 0 Å². The van der Waals surface area contributed by atoms with Crippen LogP contribution in [0.4, 0.5) is 0 Å². The van der Waals surface area contributed by atoms with Crippen molar-refractivity contribution < 1.29 is 0 Å². The molecule has 1 aromatic carbocycles. The number of benzene rings is 1. The Morgan fingerprint density at radius 1 is 1.19 bits per heavy atom. The maximum atomic E-state index is 4.54. The standard InChI is InChI=1S/C25H41N7/c1-19(17-23-20(2)29-31(6)21(23)3)28-25(26-4)27-13-10-14-32-16-15-30(5)18-24(32)22-11-8-7-9-12-22/h7-9,11-12,19,24H,10,13-18H2,1-6H3,(H2,26,27,28). The lowest BCUT2D eigenvalue weighted by Crippen LogP contribution is -2.48. The summed E-state index contributed by atoms with van der Waals surface area (Å²) < 4.78 is 1.96. The van der Waals surface area contributed by atoms with Gasteiger partial charge in [0.15, 0.2) is 5.96 Å². The molecule has 2 unspecified atom stereocenters. The molecule has 0 saturated carbocycles. The second-order valence-corrected chi connectivity index (χ2v) is 9.10. The van der Waals surface area contributed by atoms with Gasteiger partial charge in [-0.25, -0.2) is 0 Å². The lowest BCUT2D eigenvalue weighted by atomic mass is 10.0. The van der Waals surface area contributed by atoms with Crippen LogP contribution in [0.1, 0.15) is 41.9 Å². The van der Waals surface area contributed by atoms with E-state index < -0.39 is 0 Å². The highest BCUT2D eigenvalue weighted by molar-refractivity contribution is 5.79. The first-order valence-corrected chi connectivity index (χ1v) is 11.8. The van der Waals surface area contributed by atoms with Gasteiger partial charge in [-0.1, -0.05) is 30.3 Å². The normalized spacial score (nSPS) is 19.2. The molecule has 1 aliphatic rings. The van der Waals surface area contributed by atoms with Crippen LogP contribution in [0.15, 0.2) is 35.3 Å². The molecule has 0 amide bonds. The number of piperazine rings is 1. The number of rotatable bonds is 8. The van der Waals surface area contributed by atoms with Crippen molar-refractivity contribution in [3.05, 3.63) is 52.8 Å². The molecule has 0 spiro atoms. The maximum absolute atomic E-state index is 4.54. The Morgan fingerprint density at radius 2 is 1.94 bits per heavy atom. The van der Waals surface area contributed by atoms with Crippen molar-refractivity contribution in [3.63, 3.8) is 0 Å². The predicted octanol–water partition coefficient (Wildman–Crippen LogP) is 2.51. The molecule has 0 radical (unpaired) electrons. The molecule has 7 heteroatoms. The Morgan fingerprint density at radius 3 is 2.59 bits per heavy atom. The van der Waals surface area contributed by atoms with Gasteiger partial charge in [0.25, 0.3) is 0 Å². The van der Waals surface area contributed by atoms with Crippen LogP contribution >= 0.6 is 0 Å². The van der Waals surface area contributed by atoms with Gasteiger partial charge in [-0.15, -0.1) is 0 Å². The van der Waals surface area contributed by atoms with E-state index >= 15 is 0 Å². The Labute approximate surface area is 193 Å². The van der Waals surface area contributed by atoms with Crippen LogP contribution in [0.5, 0.6) is 0 Å². The minimum Gasteiger partial charge on any atom is -0.356 e. The first-order valence-electron chi connectivity index (χ1n) is 11.8. The number of aromatic nitrogens is 2. The van der Waals surface area contributed by atoms with E-state index in [1.54, 1.807) is 0 Å². The molecule has 0 aliphatic carbocycles. The summed E-state index contributed by atoms with van der Waals surface area (Å²) in [5.74, 6) is 0.870. The summed E-state index contributed by atoms with van der Waals surface area (Å²) >= 11 is 0. The van der Waals surface area contributed by atoms with Crippen molar-refractivity contribution in [2.45, 2.75) is 45.7 Å².